The fourth-order valence-electron chi connectivity index (χ4n) is 1.49. The van der Waals surface area contributed by atoms with Crippen molar-refractivity contribution in [2.24, 2.45) is 10.2 Å². The Morgan fingerprint density at radius 3 is 1.61 bits per heavy atom. The predicted octanol–water partition coefficient (Wildman–Crippen LogP) is -2.00. The summed E-state index contributed by atoms with van der Waals surface area (Å²) in [4.78, 5) is 5.34. The van der Waals surface area contributed by atoms with Gasteiger partial charge in [-0.1, -0.05) is 64.5 Å². The Hall–Kier alpha value is 2.24. The van der Waals surface area contributed by atoms with E-state index < -0.39 is 34.2 Å². The molecule has 0 aliphatic rings. The van der Waals surface area contributed by atoms with E-state index in [1.807, 2.05) is 0 Å². The fourth-order valence-corrected chi connectivity index (χ4v) is 7.57. The molecule has 0 aromatic carbocycles. The molecule has 0 aliphatic heterocycles. The zero-order valence-corrected chi connectivity index (χ0v) is 24.5. The van der Waals surface area contributed by atoms with Gasteiger partial charge >= 0.3 is 59.1 Å². The molecule has 0 rings (SSSR count). The van der Waals surface area contributed by atoms with Gasteiger partial charge < -0.3 is 9.11 Å². The summed E-state index contributed by atoms with van der Waals surface area (Å²) >= 11 is -4.18. The van der Waals surface area contributed by atoms with Crippen molar-refractivity contribution in [2.75, 3.05) is 34.5 Å². The van der Waals surface area contributed by atoms with Crippen LogP contribution in [0.4, 0.5) is 0 Å². The van der Waals surface area contributed by atoms with E-state index in [1.54, 1.807) is 43.2 Å². The van der Waals surface area contributed by atoms with E-state index in [0.717, 1.165) is 17.3 Å². The summed E-state index contributed by atoms with van der Waals surface area (Å²) in [5.74, 6) is 3.05. The first kappa shape index (κ1) is 34.8. The minimum Gasteiger partial charge on any atom is -0.772 e. The third kappa shape index (κ3) is 24.5. The topological polar surface area (TPSA) is 175 Å². The van der Waals surface area contributed by atoms with E-state index in [0.29, 0.717) is 18.6 Å². The van der Waals surface area contributed by atoms with Crippen molar-refractivity contribution in [3.05, 3.63) is 20.9 Å². The molecular weight excluding hydrogens is 507 g/mol. The molecule has 1 N–H and O–H groups in total. The van der Waals surface area contributed by atoms with Crippen molar-refractivity contribution < 1.29 is 76.6 Å². The van der Waals surface area contributed by atoms with Crippen LogP contribution in [0.25, 0.3) is 20.9 Å². The molecule has 150 valence electrons. The van der Waals surface area contributed by atoms with E-state index in [-0.39, 0.29) is 70.6 Å². The summed E-state index contributed by atoms with van der Waals surface area (Å²) in [5, 5.41) is 6.98. The van der Waals surface area contributed by atoms with Crippen LogP contribution in [0.1, 0.15) is 12.8 Å². The van der Waals surface area contributed by atoms with Gasteiger partial charge in [0, 0.05) is 44.6 Å². The Morgan fingerprint density at radius 2 is 1.25 bits per heavy atom. The molecule has 0 amide bonds. The van der Waals surface area contributed by atoms with E-state index in [2.05, 4.69) is 20.1 Å². The van der Waals surface area contributed by atoms with Crippen molar-refractivity contribution in [1.29, 1.82) is 0 Å². The minimum absolute atomic E-state index is 0. The smallest absolute Gasteiger partial charge is 0.772 e. The third-order valence-corrected chi connectivity index (χ3v) is 9.04. The largest absolute Gasteiger partial charge is 1.00 e. The predicted molar refractivity (Wildman–Crippen MR) is 114 cm³/mol. The number of nitrogens with zero attached hydrogens (tertiary/aromatic N) is 6. The summed E-state index contributed by atoms with van der Waals surface area (Å²) in [5.41, 5.74) is 16.8. The molecule has 0 aromatic heterocycles. The van der Waals surface area contributed by atoms with Gasteiger partial charge in [-0.2, -0.15) is 0 Å². The summed E-state index contributed by atoms with van der Waals surface area (Å²) in [6.45, 7) is 0. The van der Waals surface area contributed by atoms with Crippen molar-refractivity contribution in [3.8, 4) is 0 Å². The van der Waals surface area contributed by atoms with E-state index in [1.165, 1.54) is 0 Å². The van der Waals surface area contributed by atoms with Crippen LogP contribution < -0.4 is 59.1 Å². The standard InChI is InChI=1S/C10H20N6O4S6.2Na/c11-15-13-9(7-25(17)18)1-3-21-23-5-6-24-22-4-2-10(14-16-12)8-26(19)20;;/h9-10H,1-8H2,(H,17,18)(H,19,20);;/q;2*+1/p-1/t9-,10-;;/m0../s1. The Balaban J connectivity index is -0.00000312. The zero-order valence-electron chi connectivity index (χ0n) is 15.6. The van der Waals surface area contributed by atoms with Crippen LogP contribution in [0.5, 0.6) is 0 Å². The second-order valence-corrected chi connectivity index (χ2v) is 11.9. The molecule has 18 heteroatoms. The van der Waals surface area contributed by atoms with Crippen LogP contribution in [0.3, 0.4) is 0 Å². The summed E-state index contributed by atoms with van der Waals surface area (Å²) in [6, 6.07) is -0.982. The van der Waals surface area contributed by atoms with Gasteiger partial charge in [0.1, 0.15) is 0 Å². The Labute approximate surface area is 229 Å². The zero-order chi connectivity index (χ0) is 19.6. The monoisotopic (exact) mass is 525 g/mol. The Kier molecular flexibility index (Phi) is 31.7. The summed E-state index contributed by atoms with van der Waals surface area (Å²) < 4.78 is 40.8. The van der Waals surface area contributed by atoms with Gasteiger partial charge in [0.2, 0.25) is 0 Å². The van der Waals surface area contributed by atoms with Gasteiger partial charge in [0.05, 0.1) is 11.8 Å². The Morgan fingerprint density at radius 1 is 0.857 bits per heavy atom. The van der Waals surface area contributed by atoms with Gasteiger partial charge in [0.25, 0.3) is 0 Å². The molecular formula is C10H19N6Na2O4S6+. The van der Waals surface area contributed by atoms with Crippen molar-refractivity contribution in [3.63, 3.8) is 0 Å². The first-order valence-electron chi connectivity index (χ1n) is 7.20. The van der Waals surface area contributed by atoms with Crippen LogP contribution >= 0.6 is 43.2 Å². The van der Waals surface area contributed by atoms with Crippen LogP contribution in [-0.4, -0.2) is 64.1 Å². The second kappa shape index (κ2) is 25.5. The maximum Gasteiger partial charge on any atom is 1.00 e. The molecule has 10 nitrogen and oxygen atoms in total. The first-order valence-corrected chi connectivity index (χ1v) is 14.7. The molecule has 0 radical (unpaired) electrons. The van der Waals surface area contributed by atoms with Gasteiger partial charge in [-0.25, -0.2) is 4.21 Å². The van der Waals surface area contributed by atoms with Gasteiger partial charge in [-0.3, -0.25) is 4.21 Å². The molecule has 0 heterocycles. The SMILES string of the molecule is [N-]=[N+]=N[C@@H](CCSSCCSSCC[C@@H](CS(=O)O)N=[N+]=[N-])CS(=O)[O-].[Na+].[Na+]. The van der Waals surface area contributed by atoms with Crippen LogP contribution in [-0.2, 0) is 22.2 Å². The van der Waals surface area contributed by atoms with Crippen LogP contribution in [0.2, 0.25) is 0 Å². The maximum atomic E-state index is 10.7. The van der Waals surface area contributed by atoms with E-state index in [4.69, 9.17) is 15.6 Å². The quantitative estimate of drug-likeness (QED) is 0.0431. The molecule has 2 unspecified atom stereocenters. The van der Waals surface area contributed by atoms with E-state index >= 15 is 0 Å². The van der Waals surface area contributed by atoms with Crippen molar-refractivity contribution in [2.45, 2.75) is 24.9 Å². The van der Waals surface area contributed by atoms with Gasteiger partial charge in [-0.15, -0.1) is 0 Å². The summed E-state index contributed by atoms with van der Waals surface area (Å²) in [7, 11) is 6.57. The van der Waals surface area contributed by atoms with Gasteiger partial charge in [-0.05, 0) is 23.9 Å². The molecule has 0 bridgehead atoms. The molecule has 0 fully saturated rings. The number of hydrogen-bond donors (Lipinski definition) is 1. The number of hydrogen-bond acceptors (Lipinski definition) is 9. The molecule has 28 heavy (non-hydrogen) atoms. The third-order valence-electron chi connectivity index (χ3n) is 2.58. The fraction of sp³-hybridized carbons (Fsp3) is 1.00. The molecule has 4 atom stereocenters. The molecule has 0 spiro atoms. The average molecular weight is 526 g/mol. The van der Waals surface area contributed by atoms with E-state index in [9.17, 15) is 13.0 Å². The Bertz CT molecular complexity index is 495. The average Bonchev–Trinajstić information content (AvgIpc) is 2.55. The molecule has 0 saturated carbocycles. The minimum atomic E-state index is -2.21. The first-order chi connectivity index (χ1) is 12.5. The molecule has 0 aliphatic carbocycles. The molecule has 0 saturated heterocycles. The number of rotatable bonds is 17. The van der Waals surface area contributed by atoms with Gasteiger partial charge in [0.15, 0.2) is 11.1 Å². The van der Waals surface area contributed by atoms with Crippen molar-refractivity contribution in [1.82, 2.24) is 0 Å². The number of azide groups is 2. The van der Waals surface area contributed by atoms with Crippen LogP contribution in [0.15, 0.2) is 10.2 Å². The van der Waals surface area contributed by atoms with Crippen molar-refractivity contribution >= 4 is 65.3 Å². The van der Waals surface area contributed by atoms with Crippen LogP contribution in [0, 0.1) is 0 Å². The summed E-state index contributed by atoms with van der Waals surface area (Å²) in [6.07, 6.45) is 1.07. The normalized spacial score (nSPS) is 14.2. The second-order valence-electron chi connectivity index (χ2n) is 4.54. The maximum absolute atomic E-state index is 10.7. The molecule has 0 aromatic rings.